The van der Waals surface area contributed by atoms with Gasteiger partial charge in [-0.25, -0.2) is 0 Å². The molecule has 1 aliphatic heterocycles. The molecule has 1 saturated heterocycles. The predicted octanol–water partition coefficient (Wildman–Crippen LogP) is 4.26. The Kier molecular flexibility index (Phi) is 5.12. The van der Waals surface area contributed by atoms with Crippen molar-refractivity contribution < 1.29 is 0 Å². The first kappa shape index (κ1) is 14.7. The van der Waals surface area contributed by atoms with Gasteiger partial charge in [0, 0.05) is 23.8 Å². The normalized spacial score (nSPS) is 19.9. The van der Waals surface area contributed by atoms with E-state index in [0.29, 0.717) is 5.41 Å². The molecule has 0 amide bonds. The Morgan fingerprint density at radius 2 is 1.89 bits per heavy atom. The fourth-order valence-corrected chi connectivity index (χ4v) is 2.75. The topological polar surface area (TPSA) is 15.3 Å². The Morgan fingerprint density at radius 3 is 2.63 bits per heavy atom. The quantitative estimate of drug-likeness (QED) is 0.886. The fraction of sp³-hybridized carbons (Fsp3) is 0.625. The van der Waals surface area contributed by atoms with E-state index in [2.05, 4.69) is 24.1 Å². The molecule has 1 fully saturated rings. The van der Waals surface area contributed by atoms with E-state index in [1.807, 2.05) is 24.3 Å². The summed E-state index contributed by atoms with van der Waals surface area (Å²) in [5.74, 6) is 0. The van der Waals surface area contributed by atoms with E-state index in [4.69, 9.17) is 11.6 Å². The smallest absolute Gasteiger partial charge is 0.0407 e. The van der Waals surface area contributed by atoms with Gasteiger partial charge < -0.3 is 10.2 Å². The number of hydrogen-bond acceptors (Lipinski definition) is 2. The molecule has 2 nitrogen and oxygen atoms in total. The molecule has 0 unspecified atom stereocenters. The highest BCUT2D eigenvalue weighted by Gasteiger charge is 2.22. The largest absolute Gasteiger partial charge is 0.384 e. The molecule has 0 saturated carbocycles. The van der Waals surface area contributed by atoms with Crippen LogP contribution in [0.5, 0.6) is 0 Å². The van der Waals surface area contributed by atoms with Gasteiger partial charge >= 0.3 is 0 Å². The van der Waals surface area contributed by atoms with Gasteiger partial charge in [0.25, 0.3) is 0 Å². The Balaban J connectivity index is 1.72. The number of likely N-dealkylation sites (tertiary alicyclic amines) is 1. The Hall–Kier alpha value is -0.730. The van der Waals surface area contributed by atoms with Crippen LogP contribution in [0.15, 0.2) is 24.3 Å². The predicted molar refractivity (Wildman–Crippen MR) is 84.0 cm³/mol. The molecule has 0 aromatic heterocycles. The second-order valence-corrected chi connectivity index (χ2v) is 6.73. The number of hydrogen-bond donors (Lipinski definition) is 1. The summed E-state index contributed by atoms with van der Waals surface area (Å²) in [4.78, 5) is 2.58. The maximum atomic E-state index is 5.88. The molecule has 0 radical (unpaired) electrons. The van der Waals surface area contributed by atoms with Crippen molar-refractivity contribution in [1.82, 2.24) is 4.90 Å². The number of nitrogens with zero attached hydrogens (tertiary/aromatic N) is 1. The molecule has 106 valence electrons. The second kappa shape index (κ2) is 6.62. The van der Waals surface area contributed by atoms with Crippen molar-refractivity contribution in [2.24, 2.45) is 5.41 Å². The molecule has 1 heterocycles. The lowest BCUT2D eigenvalue weighted by Gasteiger charge is -2.23. The van der Waals surface area contributed by atoms with Gasteiger partial charge in [0.05, 0.1) is 0 Å². The van der Waals surface area contributed by atoms with E-state index in [1.165, 1.54) is 32.4 Å². The van der Waals surface area contributed by atoms with Crippen LogP contribution in [0.25, 0.3) is 0 Å². The van der Waals surface area contributed by atoms with Crippen molar-refractivity contribution in [2.45, 2.75) is 33.1 Å². The maximum Gasteiger partial charge on any atom is 0.0407 e. The average molecular weight is 281 g/mol. The van der Waals surface area contributed by atoms with Gasteiger partial charge in [0.1, 0.15) is 0 Å². The van der Waals surface area contributed by atoms with Crippen LogP contribution >= 0.6 is 11.6 Å². The van der Waals surface area contributed by atoms with Gasteiger partial charge in [0.2, 0.25) is 0 Å². The van der Waals surface area contributed by atoms with Crippen molar-refractivity contribution in [1.29, 1.82) is 0 Å². The molecule has 2 rings (SSSR count). The molecule has 1 aliphatic rings. The van der Waals surface area contributed by atoms with Crippen LogP contribution in [-0.4, -0.2) is 31.1 Å². The summed E-state index contributed by atoms with van der Waals surface area (Å²) in [5.41, 5.74) is 1.68. The summed E-state index contributed by atoms with van der Waals surface area (Å²) in [6, 6.07) is 7.93. The molecule has 19 heavy (non-hydrogen) atoms. The highest BCUT2D eigenvalue weighted by Crippen LogP contribution is 2.29. The second-order valence-electron chi connectivity index (χ2n) is 6.29. The van der Waals surface area contributed by atoms with Gasteiger partial charge in [-0.2, -0.15) is 0 Å². The zero-order valence-electron chi connectivity index (χ0n) is 12.1. The number of nitrogens with one attached hydrogen (secondary N) is 1. The fourth-order valence-electron chi connectivity index (χ4n) is 2.63. The Morgan fingerprint density at radius 1 is 1.16 bits per heavy atom. The zero-order valence-corrected chi connectivity index (χ0v) is 12.8. The number of rotatable bonds is 4. The average Bonchev–Trinajstić information content (AvgIpc) is 2.53. The lowest BCUT2D eigenvalue weighted by atomic mass is 9.85. The standard InChI is InChI=1S/C16H25ClN2/c1-16(2)8-3-11-19(12-9-16)13-10-18-15-6-4-14(17)5-7-15/h4-7,18H,3,8-13H2,1-2H3. The molecule has 0 aliphatic carbocycles. The highest BCUT2D eigenvalue weighted by molar-refractivity contribution is 6.30. The van der Waals surface area contributed by atoms with E-state index in [1.54, 1.807) is 0 Å². The third-order valence-corrected chi connectivity index (χ3v) is 4.29. The number of halogens is 1. The summed E-state index contributed by atoms with van der Waals surface area (Å²) in [6.07, 6.45) is 4.00. The van der Waals surface area contributed by atoms with Crippen molar-refractivity contribution in [3.63, 3.8) is 0 Å². The van der Waals surface area contributed by atoms with Gasteiger partial charge in [-0.1, -0.05) is 25.4 Å². The van der Waals surface area contributed by atoms with Crippen molar-refractivity contribution in [3.05, 3.63) is 29.3 Å². The van der Waals surface area contributed by atoms with Crippen molar-refractivity contribution >= 4 is 17.3 Å². The van der Waals surface area contributed by atoms with E-state index in [0.717, 1.165) is 23.8 Å². The molecular formula is C16H25ClN2. The summed E-state index contributed by atoms with van der Waals surface area (Å²) in [6.45, 7) is 9.38. The third-order valence-electron chi connectivity index (χ3n) is 4.03. The molecular weight excluding hydrogens is 256 g/mol. The monoisotopic (exact) mass is 280 g/mol. The lowest BCUT2D eigenvalue weighted by molar-refractivity contribution is 0.269. The summed E-state index contributed by atoms with van der Waals surface area (Å²) < 4.78 is 0. The maximum absolute atomic E-state index is 5.88. The minimum atomic E-state index is 0.526. The first-order chi connectivity index (χ1) is 9.05. The van der Waals surface area contributed by atoms with Crippen LogP contribution in [0.3, 0.4) is 0 Å². The number of anilines is 1. The first-order valence-corrected chi connectivity index (χ1v) is 7.65. The van der Waals surface area contributed by atoms with Gasteiger partial charge in [-0.05, 0) is 62.0 Å². The van der Waals surface area contributed by atoms with Crippen LogP contribution < -0.4 is 5.32 Å². The van der Waals surface area contributed by atoms with E-state index >= 15 is 0 Å². The minimum absolute atomic E-state index is 0.526. The van der Waals surface area contributed by atoms with E-state index in [-0.39, 0.29) is 0 Å². The van der Waals surface area contributed by atoms with E-state index in [9.17, 15) is 0 Å². The molecule has 1 aromatic rings. The Bertz CT molecular complexity index is 386. The van der Waals surface area contributed by atoms with Crippen LogP contribution in [-0.2, 0) is 0 Å². The van der Waals surface area contributed by atoms with Crippen LogP contribution in [0.2, 0.25) is 5.02 Å². The summed E-state index contributed by atoms with van der Waals surface area (Å²) in [7, 11) is 0. The molecule has 0 atom stereocenters. The molecule has 1 N–H and O–H groups in total. The van der Waals surface area contributed by atoms with Gasteiger partial charge in [-0.3, -0.25) is 0 Å². The lowest BCUT2D eigenvalue weighted by Crippen LogP contribution is -2.30. The summed E-state index contributed by atoms with van der Waals surface area (Å²) >= 11 is 5.88. The van der Waals surface area contributed by atoms with Crippen molar-refractivity contribution in [2.75, 3.05) is 31.5 Å². The van der Waals surface area contributed by atoms with Gasteiger partial charge in [-0.15, -0.1) is 0 Å². The highest BCUT2D eigenvalue weighted by atomic mass is 35.5. The Labute approximate surface area is 122 Å². The van der Waals surface area contributed by atoms with Crippen LogP contribution in [0.1, 0.15) is 33.1 Å². The summed E-state index contributed by atoms with van der Waals surface area (Å²) in [5, 5.41) is 4.25. The van der Waals surface area contributed by atoms with E-state index < -0.39 is 0 Å². The molecule has 0 spiro atoms. The molecule has 1 aromatic carbocycles. The minimum Gasteiger partial charge on any atom is -0.384 e. The third kappa shape index (κ3) is 5.04. The van der Waals surface area contributed by atoms with Crippen LogP contribution in [0, 0.1) is 5.41 Å². The van der Waals surface area contributed by atoms with Gasteiger partial charge in [0.15, 0.2) is 0 Å². The SMILES string of the molecule is CC1(C)CCCN(CCNc2ccc(Cl)cc2)CC1. The first-order valence-electron chi connectivity index (χ1n) is 7.27. The zero-order chi connectivity index (χ0) is 13.7. The van der Waals surface area contributed by atoms with Crippen LogP contribution in [0.4, 0.5) is 5.69 Å². The molecule has 3 heteroatoms. The number of benzene rings is 1. The van der Waals surface area contributed by atoms with Crippen molar-refractivity contribution in [3.8, 4) is 0 Å². The molecule has 0 bridgehead atoms.